The summed E-state index contributed by atoms with van der Waals surface area (Å²) in [7, 11) is 4.09. The number of rotatable bonds is 7. The Balaban J connectivity index is 1.86. The smallest absolute Gasteiger partial charge is 0.220 e. The van der Waals surface area contributed by atoms with Crippen LogP contribution in [0, 0.1) is 0 Å². The molecule has 0 fully saturated rings. The van der Waals surface area contributed by atoms with Crippen molar-refractivity contribution in [3.63, 3.8) is 0 Å². The Kier molecular flexibility index (Phi) is 6.16. The molecule has 2 atom stereocenters. The molecule has 0 aliphatic rings. The molecule has 1 heterocycles. The highest BCUT2D eigenvalue weighted by Crippen LogP contribution is 2.23. The monoisotopic (exact) mass is 316 g/mol. The van der Waals surface area contributed by atoms with Gasteiger partial charge in [-0.1, -0.05) is 43.3 Å². The summed E-state index contributed by atoms with van der Waals surface area (Å²) in [5.74, 6) is 0.348. The minimum Gasteiger partial charge on any atom is -0.354 e. The predicted octanol–water partition coefficient (Wildman–Crippen LogP) is 3.66. The van der Waals surface area contributed by atoms with Gasteiger partial charge < -0.3 is 10.2 Å². The van der Waals surface area contributed by atoms with Crippen LogP contribution in [0.5, 0.6) is 0 Å². The van der Waals surface area contributed by atoms with Crippen molar-refractivity contribution >= 4 is 17.2 Å². The van der Waals surface area contributed by atoms with E-state index >= 15 is 0 Å². The van der Waals surface area contributed by atoms with Gasteiger partial charge >= 0.3 is 0 Å². The highest BCUT2D eigenvalue weighted by atomic mass is 32.1. The van der Waals surface area contributed by atoms with Crippen molar-refractivity contribution in [3.8, 4) is 0 Å². The van der Waals surface area contributed by atoms with Crippen molar-refractivity contribution in [2.24, 2.45) is 0 Å². The number of nitrogens with zero attached hydrogens (tertiary/aromatic N) is 1. The molecule has 2 rings (SSSR count). The number of nitrogens with one attached hydrogen (secondary N) is 1. The first kappa shape index (κ1) is 16.7. The van der Waals surface area contributed by atoms with Crippen LogP contribution < -0.4 is 5.32 Å². The lowest BCUT2D eigenvalue weighted by atomic mass is 9.97. The van der Waals surface area contributed by atoms with Gasteiger partial charge in [0.25, 0.3) is 0 Å². The summed E-state index contributed by atoms with van der Waals surface area (Å²) >= 11 is 1.73. The van der Waals surface area contributed by atoms with Gasteiger partial charge in [-0.3, -0.25) is 4.79 Å². The Morgan fingerprint density at radius 1 is 1.18 bits per heavy atom. The first-order valence-corrected chi connectivity index (χ1v) is 8.47. The van der Waals surface area contributed by atoms with Crippen LogP contribution in [-0.2, 0) is 4.79 Å². The van der Waals surface area contributed by atoms with Gasteiger partial charge in [-0.2, -0.15) is 0 Å². The maximum Gasteiger partial charge on any atom is 0.220 e. The van der Waals surface area contributed by atoms with E-state index in [1.165, 1.54) is 10.4 Å². The van der Waals surface area contributed by atoms with Crippen molar-refractivity contribution < 1.29 is 4.79 Å². The molecule has 3 nitrogen and oxygen atoms in total. The molecule has 22 heavy (non-hydrogen) atoms. The lowest BCUT2D eigenvalue weighted by molar-refractivity contribution is -0.121. The van der Waals surface area contributed by atoms with Crippen molar-refractivity contribution in [1.82, 2.24) is 10.2 Å². The van der Waals surface area contributed by atoms with Crippen LogP contribution in [0.25, 0.3) is 0 Å². The van der Waals surface area contributed by atoms with Gasteiger partial charge in [-0.25, -0.2) is 0 Å². The molecule has 1 aromatic heterocycles. The summed E-state index contributed by atoms with van der Waals surface area (Å²) in [6.45, 7) is 2.74. The SMILES string of the molecule is CC(CC(=O)NCC(c1cccs1)N(C)C)c1ccccc1. The molecule has 0 aliphatic carbocycles. The van der Waals surface area contributed by atoms with Crippen LogP contribution in [0.2, 0.25) is 0 Å². The van der Waals surface area contributed by atoms with E-state index in [-0.39, 0.29) is 17.9 Å². The van der Waals surface area contributed by atoms with Crippen LogP contribution in [0.1, 0.15) is 35.7 Å². The van der Waals surface area contributed by atoms with Crippen LogP contribution in [0.3, 0.4) is 0 Å². The zero-order chi connectivity index (χ0) is 15.9. The Morgan fingerprint density at radius 2 is 1.91 bits per heavy atom. The molecule has 118 valence electrons. The summed E-state index contributed by atoms with van der Waals surface area (Å²) < 4.78 is 0. The van der Waals surface area contributed by atoms with E-state index in [0.717, 1.165) is 0 Å². The fourth-order valence-corrected chi connectivity index (χ4v) is 3.40. The van der Waals surface area contributed by atoms with E-state index in [0.29, 0.717) is 13.0 Å². The lowest BCUT2D eigenvalue weighted by Crippen LogP contribution is -2.34. The summed E-state index contributed by atoms with van der Waals surface area (Å²) in [6.07, 6.45) is 0.522. The maximum absolute atomic E-state index is 12.2. The number of carbonyl (C=O) groups is 1. The molecule has 1 N–H and O–H groups in total. The van der Waals surface area contributed by atoms with Gasteiger partial charge in [0.1, 0.15) is 0 Å². The van der Waals surface area contributed by atoms with Crippen molar-refractivity contribution in [2.75, 3.05) is 20.6 Å². The average molecular weight is 316 g/mol. The van der Waals surface area contributed by atoms with Gasteiger partial charge in [0, 0.05) is 17.8 Å². The molecule has 0 saturated carbocycles. The number of likely N-dealkylation sites (N-methyl/N-ethyl adjacent to an activating group) is 1. The Hall–Kier alpha value is -1.65. The topological polar surface area (TPSA) is 32.3 Å². The first-order valence-electron chi connectivity index (χ1n) is 7.59. The quantitative estimate of drug-likeness (QED) is 0.845. The first-order chi connectivity index (χ1) is 10.6. The zero-order valence-electron chi connectivity index (χ0n) is 13.5. The Labute approximate surface area is 137 Å². The minimum atomic E-state index is 0.111. The van der Waals surface area contributed by atoms with Gasteiger partial charge in [0.15, 0.2) is 0 Å². The van der Waals surface area contributed by atoms with E-state index in [2.05, 4.69) is 46.8 Å². The number of amides is 1. The Morgan fingerprint density at radius 3 is 2.50 bits per heavy atom. The van der Waals surface area contributed by atoms with E-state index in [1.807, 2.05) is 32.3 Å². The molecule has 0 radical (unpaired) electrons. The third-order valence-electron chi connectivity index (χ3n) is 3.85. The largest absolute Gasteiger partial charge is 0.354 e. The van der Waals surface area contributed by atoms with E-state index in [4.69, 9.17) is 0 Å². The van der Waals surface area contributed by atoms with Crippen molar-refractivity contribution in [1.29, 1.82) is 0 Å². The Bertz CT molecular complexity index is 566. The fourth-order valence-electron chi connectivity index (χ4n) is 2.48. The standard InChI is InChI=1S/C18H24N2OS/c1-14(15-8-5-4-6-9-15)12-18(21)19-13-16(20(2)3)17-10-7-11-22-17/h4-11,14,16H,12-13H2,1-3H3,(H,19,21). The number of benzene rings is 1. The van der Waals surface area contributed by atoms with Gasteiger partial charge in [0.05, 0.1) is 6.04 Å². The van der Waals surface area contributed by atoms with Crippen LogP contribution in [0.15, 0.2) is 47.8 Å². The summed E-state index contributed by atoms with van der Waals surface area (Å²) in [6, 6.07) is 14.6. The normalized spacial score (nSPS) is 13.8. The molecule has 2 unspecified atom stereocenters. The van der Waals surface area contributed by atoms with Crippen molar-refractivity contribution in [3.05, 3.63) is 58.3 Å². The van der Waals surface area contributed by atoms with E-state index < -0.39 is 0 Å². The second-order valence-corrected chi connectivity index (χ2v) is 6.79. The van der Waals surface area contributed by atoms with Gasteiger partial charge in [-0.05, 0) is 37.0 Å². The second-order valence-electron chi connectivity index (χ2n) is 5.81. The zero-order valence-corrected chi connectivity index (χ0v) is 14.3. The fraction of sp³-hybridized carbons (Fsp3) is 0.389. The number of hydrogen-bond donors (Lipinski definition) is 1. The second kappa shape index (κ2) is 8.11. The average Bonchev–Trinajstić information content (AvgIpc) is 3.02. The van der Waals surface area contributed by atoms with E-state index in [9.17, 15) is 4.79 Å². The highest BCUT2D eigenvalue weighted by Gasteiger charge is 2.17. The van der Waals surface area contributed by atoms with Crippen LogP contribution >= 0.6 is 11.3 Å². The molecular weight excluding hydrogens is 292 g/mol. The minimum absolute atomic E-state index is 0.111. The summed E-state index contributed by atoms with van der Waals surface area (Å²) in [5.41, 5.74) is 1.21. The molecule has 0 aliphatic heterocycles. The molecule has 0 spiro atoms. The van der Waals surface area contributed by atoms with Crippen LogP contribution in [0.4, 0.5) is 0 Å². The lowest BCUT2D eigenvalue weighted by Gasteiger charge is -2.24. The predicted molar refractivity (Wildman–Crippen MR) is 93.2 cm³/mol. The molecule has 2 aromatic rings. The maximum atomic E-state index is 12.2. The molecule has 1 aromatic carbocycles. The van der Waals surface area contributed by atoms with Crippen molar-refractivity contribution in [2.45, 2.75) is 25.3 Å². The van der Waals surface area contributed by atoms with Crippen LogP contribution in [-0.4, -0.2) is 31.4 Å². The molecule has 0 saturated heterocycles. The third kappa shape index (κ3) is 4.68. The molecule has 4 heteroatoms. The summed E-state index contributed by atoms with van der Waals surface area (Å²) in [4.78, 5) is 15.6. The molecule has 1 amide bonds. The molecular formula is C18H24N2OS. The van der Waals surface area contributed by atoms with Gasteiger partial charge in [-0.15, -0.1) is 11.3 Å². The number of thiophene rings is 1. The summed E-state index contributed by atoms with van der Waals surface area (Å²) in [5, 5.41) is 5.15. The number of hydrogen-bond acceptors (Lipinski definition) is 3. The highest BCUT2D eigenvalue weighted by molar-refractivity contribution is 7.10. The van der Waals surface area contributed by atoms with E-state index in [1.54, 1.807) is 11.3 Å². The van der Waals surface area contributed by atoms with Gasteiger partial charge in [0.2, 0.25) is 5.91 Å². The number of carbonyl (C=O) groups excluding carboxylic acids is 1. The third-order valence-corrected chi connectivity index (χ3v) is 4.82. The molecule has 0 bridgehead atoms.